The van der Waals surface area contributed by atoms with E-state index in [0.29, 0.717) is 0 Å². The van der Waals surface area contributed by atoms with Gasteiger partial charge >= 0.3 is 7.69 Å². The Kier molecular flexibility index (Phi) is 3.53. The number of fused-ring (bicyclic) bond motifs is 6. The third kappa shape index (κ3) is 2.55. The molecule has 138 valence electrons. The fourth-order valence-electron chi connectivity index (χ4n) is 3.88. The maximum absolute atomic E-state index is 6.01. The second-order valence-corrected chi connectivity index (χ2v) is 6.86. The van der Waals surface area contributed by atoms with E-state index in [1.807, 2.05) is 84.9 Å². The Morgan fingerprint density at radius 3 is 1.45 bits per heavy atom. The molecule has 0 spiro atoms. The van der Waals surface area contributed by atoms with Crippen molar-refractivity contribution in [3.63, 3.8) is 0 Å². The lowest BCUT2D eigenvalue weighted by Crippen LogP contribution is -2.11. The number of para-hydroxylation sites is 2. The van der Waals surface area contributed by atoms with Gasteiger partial charge in [-0.05, 0) is 36.4 Å². The van der Waals surface area contributed by atoms with Crippen molar-refractivity contribution >= 4 is 51.6 Å². The average Bonchev–Trinajstić information content (AvgIpc) is 3.33. The summed E-state index contributed by atoms with van der Waals surface area (Å²) in [5.41, 5.74) is 3.28. The zero-order valence-corrected chi connectivity index (χ0v) is 15.4. The minimum Gasteiger partial charge on any atom is -0.528 e. The van der Waals surface area contributed by atoms with E-state index < -0.39 is 0 Å². The summed E-state index contributed by atoms with van der Waals surface area (Å²) in [6.45, 7) is 0. The van der Waals surface area contributed by atoms with Gasteiger partial charge in [0.2, 0.25) is 0 Å². The highest BCUT2D eigenvalue weighted by Crippen LogP contribution is 2.37. The summed E-state index contributed by atoms with van der Waals surface area (Å²) in [5, 5.41) is 3.97. The van der Waals surface area contributed by atoms with E-state index in [2.05, 4.69) is 0 Å². The van der Waals surface area contributed by atoms with E-state index in [4.69, 9.17) is 18.1 Å². The van der Waals surface area contributed by atoms with E-state index in [-0.39, 0.29) is 7.69 Å². The number of hydrogen-bond acceptors (Lipinski definition) is 4. The molecule has 0 saturated heterocycles. The minimum absolute atomic E-state index is 0.0806. The summed E-state index contributed by atoms with van der Waals surface area (Å²) in [5.74, 6) is 1.47. The third-order valence-corrected chi connectivity index (χ3v) is 5.16. The molecule has 5 heteroatoms. The minimum atomic E-state index is 0.0806. The first kappa shape index (κ1) is 16.1. The van der Waals surface area contributed by atoms with Crippen molar-refractivity contribution in [1.82, 2.24) is 0 Å². The Balaban J connectivity index is 1.35. The highest BCUT2D eigenvalue weighted by molar-refractivity contribution is 6.23. The van der Waals surface area contributed by atoms with Crippen LogP contribution in [-0.4, -0.2) is 7.69 Å². The molecule has 0 unspecified atom stereocenters. The van der Waals surface area contributed by atoms with E-state index >= 15 is 0 Å². The monoisotopic (exact) mass is 378 g/mol. The molecule has 0 aliphatic rings. The lowest BCUT2D eigenvalue weighted by atomic mass is 10.1. The first-order valence-electron chi connectivity index (χ1n) is 9.44. The Morgan fingerprint density at radius 2 is 0.931 bits per heavy atom. The fraction of sp³-hybridized carbons (Fsp3) is 0. The van der Waals surface area contributed by atoms with Crippen LogP contribution in [0.2, 0.25) is 0 Å². The predicted octanol–water partition coefficient (Wildman–Crippen LogP) is 6.21. The number of furan rings is 2. The van der Waals surface area contributed by atoms with Crippen molar-refractivity contribution < 1.29 is 18.1 Å². The molecule has 2 heterocycles. The number of hydrogen-bond donors (Lipinski definition) is 0. The van der Waals surface area contributed by atoms with Gasteiger partial charge in [-0.2, -0.15) is 0 Å². The summed E-state index contributed by atoms with van der Waals surface area (Å²) in [4.78, 5) is 0. The lowest BCUT2D eigenvalue weighted by molar-refractivity contribution is 0.465. The summed E-state index contributed by atoms with van der Waals surface area (Å²) >= 11 is 0. The Hall–Kier alpha value is -3.86. The zero-order chi connectivity index (χ0) is 19.2. The van der Waals surface area contributed by atoms with Crippen molar-refractivity contribution in [3.8, 4) is 11.5 Å². The molecule has 6 aromatic rings. The predicted molar refractivity (Wildman–Crippen MR) is 116 cm³/mol. The van der Waals surface area contributed by atoms with E-state index in [1.165, 1.54) is 0 Å². The van der Waals surface area contributed by atoms with Gasteiger partial charge < -0.3 is 18.1 Å². The third-order valence-electron chi connectivity index (χ3n) is 5.16. The Bertz CT molecular complexity index is 1380. The van der Waals surface area contributed by atoms with Gasteiger partial charge in [0.1, 0.15) is 33.8 Å². The van der Waals surface area contributed by atoms with Crippen molar-refractivity contribution in [2.75, 3.05) is 0 Å². The molecule has 2 aromatic heterocycles. The van der Waals surface area contributed by atoms with Crippen molar-refractivity contribution in [1.29, 1.82) is 0 Å². The van der Waals surface area contributed by atoms with Crippen LogP contribution >= 0.6 is 0 Å². The van der Waals surface area contributed by atoms with E-state index in [1.54, 1.807) is 0 Å². The molecule has 0 N–H and O–H groups in total. The molecular formula is C24H15BO4. The molecule has 0 aliphatic heterocycles. The maximum atomic E-state index is 6.01. The van der Waals surface area contributed by atoms with Crippen LogP contribution in [0.25, 0.3) is 43.9 Å². The second kappa shape index (κ2) is 6.35. The maximum Gasteiger partial charge on any atom is 0.576 e. The van der Waals surface area contributed by atoms with Crippen LogP contribution in [0.15, 0.2) is 93.8 Å². The molecule has 0 amide bonds. The summed E-state index contributed by atoms with van der Waals surface area (Å²) < 4.78 is 23.9. The summed E-state index contributed by atoms with van der Waals surface area (Å²) in [6, 6.07) is 27.5. The largest absolute Gasteiger partial charge is 0.576 e. The molecule has 29 heavy (non-hydrogen) atoms. The van der Waals surface area contributed by atoms with Gasteiger partial charge in [-0.1, -0.05) is 48.5 Å². The van der Waals surface area contributed by atoms with Gasteiger partial charge in [0.15, 0.2) is 0 Å². The molecule has 0 aliphatic carbocycles. The van der Waals surface area contributed by atoms with Crippen molar-refractivity contribution in [3.05, 3.63) is 84.9 Å². The van der Waals surface area contributed by atoms with Crippen LogP contribution in [0.5, 0.6) is 11.5 Å². The van der Waals surface area contributed by atoms with Crippen LogP contribution in [0.3, 0.4) is 0 Å². The number of benzene rings is 4. The topological polar surface area (TPSA) is 44.7 Å². The smallest absolute Gasteiger partial charge is 0.528 e. The molecule has 0 bridgehead atoms. The Morgan fingerprint density at radius 1 is 0.483 bits per heavy atom. The zero-order valence-electron chi connectivity index (χ0n) is 15.4. The fourth-order valence-corrected chi connectivity index (χ4v) is 3.88. The quantitative estimate of drug-likeness (QED) is 0.342. The molecule has 0 atom stereocenters. The SMILES string of the molecule is B(Oc1cccc2oc3ccccc3c12)Oc1cccc2oc3ccccc3c12. The van der Waals surface area contributed by atoms with Gasteiger partial charge in [-0.25, -0.2) is 0 Å². The first-order valence-corrected chi connectivity index (χ1v) is 9.44. The van der Waals surface area contributed by atoms with Crippen molar-refractivity contribution in [2.24, 2.45) is 0 Å². The van der Waals surface area contributed by atoms with Gasteiger partial charge in [0, 0.05) is 10.8 Å². The van der Waals surface area contributed by atoms with Crippen LogP contribution in [0, 0.1) is 0 Å². The molecular weight excluding hydrogens is 363 g/mol. The first-order chi connectivity index (χ1) is 14.4. The Labute approximate surface area is 166 Å². The van der Waals surface area contributed by atoms with Crippen LogP contribution in [0.4, 0.5) is 0 Å². The molecule has 4 aromatic carbocycles. The molecule has 0 saturated carbocycles. The standard InChI is InChI=1S/C24H15BO4/c1-3-9-17-15(7-1)23-19(26-17)11-5-13-21(23)28-25-29-22-14-6-12-20-24(22)16-8-2-4-10-18(16)27-20/h1-14,25H. The second-order valence-electron chi connectivity index (χ2n) is 6.86. The summed E-state index contributed by atoms with van der Waals surface area (Å²) in [6.07, 6.45) is 0. The van der Waals surface area contributed by atoms with E-state index in [9.17, 15) is 0 Å². The number of rotatable bonds is 4. The summed E-state index contributed by atoms with van der Waals surface area (Å²) in [7, 11) is 0.0806. The van der Waals surface area contributed by atoms with Gasteiger partial charge in [0.05, 0.1) is 10.8 Å². The van der Waals surface area contributed by atoms with Crippen LogP contribution in [-0.2, 0) is 0 Å². The molecule has 0 fully saturated rings. The highest BCUT2D eigenvalue weighted by Gasteiger charge is 2.14. The normalized spacial score (nSPS) is 11.4. The van der Waals surface area contributed by atoms with Gasteiger partial charge in [0.25, 0.3) is 0 Å². The molecule has 0 radical (unpaired) electrons. The molecule has 4 nitrogen and oxygen atoms in total. The van der Waals surface area contributed by atoms with Crippen molar-refractivity contribution in [2.45, 2.75) is 0 Å². The average molecular weight is 378 g/mol. The van der Waals surface area contributed by atoms with Gasteiger partial charge in [-0.3, -0.25) is 0 Å². The highest BCUT2D eigenvalue weighted by atomic mass is 16.6. The molecule has 6 rings (SSSR count). The van der Waals surface area contributed by atoms with Crippen LogP contribution in [0.1, 0.15) is 0 Å². The van der Waals surface area contributed by atoms with E-state index in [0.717, 1.165) is 55.4 Å². The van der Waals surface area contributed by atoms with Crippen LogP contribution < -0.4 is 9.31 Å². The van der Waals surface area contributed by atoms with Gasteiger partial charge in [-0.15, -0.1) is 0 Å². The lowest BCUT2D eigenvalue weighted by Gasteiger charge is -2.09.